The fraction of sp³-hybridized carbons (Fsp3) is 0.942. The maximum absolute atomic E-state index is 13.0. The van der Waals surface area contributed by atoms with E-state index < -0.39 is 97.5 Å². The smallest absolute Gasteiger partial charge is 0.462 e. The van der Waals surface area contributed by atoms with Crippen LogP contribution in [0.1, 0.15) is 356 Å². The molecular formula is C69H134O17P2. The standard InChI is InChI=1S/C69H134O17P2/c1-6-9-12-15-18-21-23-25-26-27-28-30-32-35-38-44-49-54-68(73)85-64(58-80-67(72)53-48-43-37-34-31-29-24-22-19-16-13-10-7-2)60-83-87(75,76)81-56-63(70)57-82-88(77,78)84-61-65(86-69(74)55-50-45-40-39-41-46-51-62(4)5)59-79-66(71)52-47-42-36-33-20-17-14-11-8-3/h62-65,70H,6-61H2,1-5H3,(H,75,76)(H,77,78)/t63-,64-,65-/m1/s1. The van der Waals surface area contributed by atoms with Gasteiger partial charge < -0.3 is 33.8 Å². The van der Waals surface area contributed by atoms with Gasteiger partial charge in [-0.1, -0.05) is 304 Å². The number of rotatable bonds is 69. The second-order valence-corrected chi connectivity index (χ2v) is 28.3. The van der Waals surface area contributed by atoms with Crippen LogP contribution < -0.4 is 0 Å². The number of esters is 4. The van der Waals surface area contributed by atoms with Crippen molar-refractivity contribution in [3.63, 3.8) is 0 Å². The van der Waals surface area contributed by atoms with Crippen molar-refractivity contribution < 1.29 is 80.2 Å². The molecule has 0 bridgehead atoms. The van der Waals surface area contributed by atoms with Crippen LogP contribution in [0.2, 0.25) is 0 Å². The van der Waals surface area contributed by atoms with Crippen molar-refractivity contribution in [2.45, 2.75) is 374 Å². The van der Waals surface area contributed by atoms with Crippen molar-refractivity contribution in [2.75, 3.05) is 39.6 Å². The summed E-state index contributed by atoms with van der Waals surface area (Å²) in [6, 6.07) is 0. The number of aliphatic hydroxyl groups is 1. The van der Waals surface area contributed by atoms with Gasteiger partial charge in [-0.15, -0.1) is 0 Å². The van der Waals surface area contributed by atoms with E-state index in [4.69, 9.17) is 37.0 Å². The molecule has 0 aromatic heterocycles. The molecule has 17 nitrogen and oxygen atoms in total. The van der Waals surface area contributed by atoms with Crippen LogP contribution in [0.4, 0.5) is 0 Å². The van der Waals surface area contributed by atoms with Crippen LogP contribution in [0.15, 0.2) is 0 Å². The van der Waals surface area contributed by atoms with Gasteiger partial charge in [-0.2, -0.15) is 0 Å². The number of phosphoric acid groups is 2. The molecule has 88 heavy (non-hydrogen) atoms. The van der Waals surface area contributed by atoms with Gasteiger partial charge in [0.15, 0.2) is 12.2 Å². The number of phosphoric ester groups is 2. The van der Waals surface area contributed by atoms with E-state index >= 15 is 0 Å². The van der Waals surface area contributed by atoms with Crippen molar-refractivity contribution >= 4 is 39.5 Å². The van der Waals surface area contributed by atoms with Gasteiger partial charge in [-0.3, -0.25) is 37.3 Å². The molecule has 3 N–H and O–H groups in total. The van der Waals surface area contributed by atoms with Gasteiger partial charge in [0.25, 0.3) is 0 Å². The van der Waals surface area contributed by atoms with E-state index in [1.54, 1.807) is 0 Å². The minimum absolute atomic E-state index is 0.102. The molecule has 0 radical (unpaired) electrons. The number of carbonyl (C=O) groups excluding carboxylic acids is 4. The first-order valence-electron chi connectivity index (χ1n) is 36.1. The molecule has 0 saturated carbocycles. The zero-order valence-corrected chi connectivity index (χ0v) is 58.6. The average molecular weight is 1300 g/mol. The molecule has 0 aliphatic heterocycles. The lowest BCUT2D eigenvalue weighted by molar-refractivity contribution is -0.161. The van der Waals surface area contributed by atoms with Crippen molar-refractivity contribution in [2.24, 2.45) is 5.92 Å². The molecule has 0 saturated heterocycles. The summed E-state index contributed by atoms with van der Waals surface area (Å²) in [5.74, 6) is -1.46. The first kappa shape index (κ1) is 86.1. The lowest BCUT2D eigenvalue weighted by Crippen LogP contribution is -2.30. The highest BCUT2D eigenvalue weighted by atomic mass is 31.2. The molecule has 0 heterocycles. The first-order valence-corrected chi connectivity index (χ1v) is 39.1. The van der Waals surface area contributed by atoms with Crippen molar-refractivity contribution in [1.82, 2.24) is 0 Å². The SMILES string of the molecule is CCCCCCCCCCCCCCCCCCCC(=O)O[C@H](COC(=O)CCCCCCCCCCCCCCC)COP(=O)(O)OC[C@@H](O)COP(=O)(O)OC[C@@H](COC(=O)CCCCCCCCCCC)OC(=O)CCCCCCCCC(C)C. The number of ether oxygens (including phenoxy) is 4. The van der Waals surface area contributed by atoms with E-state index in [0.717, 1.165) is 89.9 Å². The first-order chi connectivity index (χ1) is 42.5. The fourth-order valence-corrected chi connectivity index (χ4v) is 12.0. The third-order valence-corrected chi connectivity index (χ3v) is 17.9. The van der Waals surface area contributed by atoms with Crippen LogP contribution in [0.5, 0.6) is 0 Å². The number of carbonyl (C=O) groups is 4. The molecule has 0 fully saturated rings. The highest BCUT2D eigenvalue weighted by molar-refractivity contribution is 7.47. The van der Waals surface area contributed by atoms with Gasteiger partial charge in [0.2, 0.25) is 0 Å². The molecular weight excluding hydrogens is 1160 g/mol. The predicted octanol–water partition coefficient (Wildman–Crippen LogP) is 19.7. The minimum atomic E-state index is -4.95. The summed E-state index contributed by atoms with van der Waals surface area (Å²) in [6.45, 7) is 7.13. The zero-order chi connectivity index (χ0) is 64.9. The Kier molecular flexibility index (Phi) is 61.1. The van der Waals surface area contributed by atoms with E-state index in [0.29, 0.717) is 31.6 Å². The Labute approximate surface area is 537 Å². The highest BCUT2D eigenvalue weighted by Gasteiger charge is 2.30. The van der Waals surface area contributed by atoms with Crippen LogP contribution in [0.3, 0.4) is 0 Å². The second kappa shape index (κ2) is 62.5. The lowest BCUT2D eigenvalue weighted by Gasteiger charge is -2.21. The topological polar surface area (TPSA) is 237 Å². The van der Waals surface area contributed by atoms with Crippen molar-refractivity contribution in [3.05, 3.63) is 0 Å². The Morgan fingerprint density at radius 2 is 0.523 bits per heavy atom. The molecule has 0 rings (SSSR count). The van der Waals surface area contributed by atoms with Gasteiger partial charge in [-0.25, -0.2) is 9.13 Å². The Bertz CT molecular complexity index is 1700. The largest absolute Gasteiger partial charge is 0.472 e. The van der Waals surface area contributed by atoms with E-state index in [9.17, 15) is 43.2 Å². The molecule has 0 amide bonds. The van der Waals surface area contributed by atoms with Gasteiger partial charge >= 0.3 is 39.5 Å². The fourth-order valence-electron chi connectivity index (χ4n) is 10.5. The zero-order valence-electron chi connectivity index (χ0n) is 56.9. The number of hydrogen-bond acceptors (Lipinski definition) is 15. The lowest BCUT2D eigenvalue weighted by atomic mass is 10.0. The summed E-state index contributed by atoms with van der Waals surface area (Å²) in [5.41, 5.74) is 0. The molecule has 0 aromatic rings. The number of hydrogen-bond donors (Lipinski definition) is 3. The Balaban J connectivity index is 5.21. The average Bonchev–Trinajstić information content (AvgIpc) is 3.60. The number of unbranched alkanes of at least 4 members (excludes halogenated alkanes) is 41. The van der Waals surface area contributed by atoms with Crippen LogP contribution in [0, 0.1) is 5.92 Å². The molecule has 2 unspecified atom stereocenters. The summed E-state index contributed by atoms with van der Waals surface area (Å²) >= 11 is 0. The summed E-state index contributed by atoms with van der Waals surface area (Å²) in [6.07, 6.45) is 48.7. The quantitative estimate of drug-likeness (QED) is 0.0222. The van der Waals surface area contributed by atoms with Crippen molar-refractivity contribution in [1.29, 1.82) is 0 Å². The third kappa shape index (κ3) is 62.8. The van der Waals surface area contributed by atoms with Crippen LogP contribution in [0.25, 0.3) is 0 Å². The maximum Gasteiger partial charge on any atom is 0.472 e. The Hall–Kier alpha value is -1.94. The van der Waals surface area contributed by atoms with Gasteiger partial charge in [0, 0.05) is 25.7 Å². The molecule has 0 aromatic carbocycles. The molecule has 19 heteroatoms. The van der Waals surface area contributed by atoms with Gasteiger partial charge in [0.05, 0.1) is 26.4 Å². The molecule has 522 valence electrons. The maximum atomic E-state index is 13.0. The van der Waals surface area contributed by atoms with E-state index in [1.807, 2.05) is 0 Å². The summed E-state index contributed by atoms with van der Waals surface area (Å²) in [5, 5.41) is 10.6. The summed E-state index contributed by atoms with van der Waals surface area (Å²) < 4.78 is 68.2. The van der Waals surface area contributed by atoms with Gasteiger partial charge in [0.1, 0.15) is 19.3 Å². The minimum Gasteiger partial charge on any atom is -0.462 e. The monoisotopic (exact) mass is 1300 g/mol. The van der Waals surface area contributed by atoms with Crippen LogP contribution >= 0.6 is 15.6 Å². The molecule has 0 aliphatic carbocycles. The molecule has 0 spiro atoms. The summed E-state index contributed by atoms with van der Waals surface area (Å²) in [4.78, 5) is 72.4. The van der Waals surface area contributed by atoms with Crippen molar-refractivity contribution in [3.8, 4) is 0 Å². The Morgan fingerprint density at radius 1 is 0.307 bits per heavy atom. The third-order valence-electron chi connectivity index (χ3n) is 16.0. The second-order valence-electron chi connectivity index (χ2n) is 25.4. The van der Waals surface area contributed by atoms with Gasteiger partial charge in [-0.05, 0) is 31.6 Å². The Morgan fingerprint density at radius 3 is 0.773 bits per heavy atom. The van der Waals surface area contributed by atoms with E-state index in [1.165, 1.54) is 180 Å². The van der Waals surface area contributed by atoms with E-state index in [2.05, 4.69) is 34.6 Å². The summed E-state index contributed by atoms with van der Waals surface area (Å²) in [7, 11) is -9.89. The highest BCUT2D eigenvalue weighted by Crippen LogP contribution is 2.45. The van der Waals surface area contributed by atoms with Crippen LogP contribution in [-0.2, 0) is 65.4 Å². The molecule has 5 atom stereocenters. The predicted molar refractivity (Wildman–Crippen MR) is 354 cm³/mol. The van der Waals surface area contributed by atoms with Crippen LogP contribution in [-0.4, -0.2) is 96.7 Å². The number of aliphatic hydroxyl groups excluding tert-OH is 1. The van der Waals surface area contributed by atoms with E-state index in [-0.39, 0.29) is 25.7 Å². The normalized spacial score (nSPS) is 14.1. The molecule has 0 aliphatic rings.